The van der Waals surface area contributed by atoms with Gasteiger partial charge in [-0.3, -0.25) is 14.9 Å². The summed E-state index contributed by atoms with van der Waals surface area (Å²) in [5.41, 5.74) is 2.43. The number of ether oxygens (including phenoxy) is 2. The molecule has 12 heteroatoms. The standard InChI is InChI=1S/C27H22F3N3O5S/c1-37-8-6-31-19-13-21(38-2)22-16-4-3-7-32-20(26(34)15-10-17(28)23(30)18(29)11-15)12-14(24(16)32)5-9-39-27(22)25(19)33(35)36/h3-4,7,10-13,31H,5-6,8-9H2,1-2H3. The van der Waals surface area contributed by atoms with Crippen molar-refractivity contribution in [3.63, 3.8) is 0 Å². The number of nitro groups is 1. The van der Waals surface area contributed by atoms with Gasteiger partial charge in [0, 0.05) is 48.4 Å². The lowest BCUT2D eigenvalue weighted by Gasteiger charge is -2.20. The highest BCUT2D eigenvalue weighted by Gasteiger charge is 2.32. The van der Waals surface area contributed by atoms with Crippen molar-refractivity contribution in [2.24, 2.45) is 0 Å². The zero-order chi connectivity index (χ0) is 27.8. The van der Waals surface area contributed by atoms with Gasteiger partial charge in [0.25, 0.3) is 0 Å². The number of ketones is 1. The first kappa shape index (κ1) is 26.6. The molecule has 1 aliphatic rings. The number of thioether (sulfide) groups is 1. The van der Waals surface area contributed by atoms with Crippen LogP contribution in [0.25, 0.3) is 16.6 Å². The third kappa shape index (κ3) is 4.59. The predicted molar refractivity (Wildman–Crippen MR) is 141 cm³/mol. The SMILES string of the molecule is COCCNc1cc(OC)c2c(c1[N+](=O)[O-])SCCc1cc(C(=O)c3cc(F)c(F)c(F)c3)n3cccc-2c13. The molecule has 2 aromatic heterocycles. The van der Waals surface area contributed by atoms with E-state index in [0.717, 1.165) is 5.56 Å². The molecule has 0 atom stereocenters. The summed E-state index contributed by atoms with van der Waals surface area (Å²) in [5, 5.41) is 15.3. The number of hydrogen-bond acceptors (Lipinski definition) is 7. The van der Waals surface area contributed by atoms with Crippen LogP contribution in [0.1, 0.15) is 21.6 Å². The molecule has 1 aliphatic heterocycles. The van der Waals surface area contributed by atoms with E-state index < -0.39 is 28.2 Å². The molecule has 0 unspecified atom stereocenters. The molecule has 39 heavy (non-hydrogen) atoms. The number of pyridine rings is 1. The molecule has 0 saturated carbocycles. The lowest BCUT2D eigenvalue weighted by atomic mass is 9.99. The molecular weight excluding hydrogens is 535 g/mol. The fourth-order valence-electron chi connectivity index (χ4n) is 4.79. The van der Waals surface area contributed by atoms with Crippen molar-refractivity contribution in [2.45, 2.75) is 11.3 Å². The first-order valence-electron chi connectivity index (χ1n) is 11.8. The number of fused-ring (bicyclic) bond motifs is 2. The Morgan fingerprint density at radius 1 is 1.18 bits per heavy atom. The second-order valence-electron chi connectivity index (χ2n) is 8.73. The Labute approximate surface area is 224 Å². The van der Waals surface area contributed by atoms with Crippen molar-refractivity contribution in [2.75, 3.05) is 38.4 Å². The minimum atomic E-state index is -1.65. The van der Waals surface area contributed by atoms with E-state index in [9.17, 15) is 28.1 Å². The van der Waals surface area contributed by atoms with Gasteiger partial charge in [0.05, 0.1) is 34.7 Å². The molecule has 2 aromatic carbocycles. The van der Waals surface area contributed by atoms with Gasteiger partial charge in [0.1, 0.15) is 11.4 Å². The highest BCUT2D eigenvalue weighted by molar-refractivity contribution is 7.99. The summed E-state index contributed by atoms with van der Waals surface area (Å²) < 4.78 is 53.7. The smallest absolute Gasteiger partial charge is 0.306 e. The predicted octanol–water partition coefficient (Wildman–Crippen LogP) is 5.88. The molecule has 0 radical (unpaired) electrons. The molecule has 8 nitrogen and oxygen atoms in total. The summed E-state index contributed by atoms with van der Waals surface area (Å²) >= 11 is 1.30. The van der Waals surface area contributed by atoms with E-state index in [0.29, 0.717) is 70.4 Å². The van der Waals surface area contributed by atoms with Crippen LogP contribution in [-0.4, -0.2) is 48.2 Å². The normalized spacial score (nSPS) is 12.5. The first-order valence-corrected chi connectivity index (χ1v) is 12.8. The Morgan fingerprint density at radius 3 is 2.59 bits per heavy atom. The molecule has 5 rings (SSSR count). The van der Waals surface area contributed by atoms with Gasteiger partial charge in [-0.1, -0.05) is 6.07 Å². The lowest BCUT2D eigenvalue weighted by Crippen LogP contribution is -2.11. The van der Waals surface area contributed by atoms with Gasteiger partial charge in [-0.25, -0.2) is 13.2 Å². The maximum Gasteiger partial charge on any atom is 0.306 e. The van der Waals surface area contributed by atoms with Crippen LogP contribution in [-0.2, 0) is 11.2 Å². The number of aryl methyl sites for hydroxylation is 1. The fourth-order valence-corrected chi connectivity index (χ4v) is 5.99. The highest BCUT2D eigenvalue weighted by atomic mass is 32.2. The Balaban J connectivity index is 1.74. The monoisotopic (exact) mass is 557 g/mol. The number of anilines is 1. The van der Waals surface area contributed by atoms with Crippen molar-refractivity contribution in [1.82, 2.24) is 4.40 Å². The molecule has 0 bridgehead atoms. The summed E-state index contributed by atoms with van der Waals surface area (Å²) in [5.74, 6) is -4.45. The summed E-state index contributed by atoms with van der Waals surface area (Å²) in [4.78, 5) is 25.6. The summed E-state index contributed by atoms with van der Waals surface area (Å²) in [7, 11) is 3.00. The van der Waals surface area contributed by atoms with Crippen LogP contribution in [0.5, 0.6) is 5.75 Å². The number of nitrogens with zero attached hydrogens (tertiary/aromatic N) is 2. The minimum Gasteiger partial charge on any atom is -0.496 e. The number of carbonyl (C=O) groups excluding carboxylic acids is 1. The maximum atomic E-state index is 13.9. The average molecular weight is 558 g/mol. The third-order valence-corrected chi connectivity index (χ3v) is 7.57. The van der Waals surface area contributed by atoms with Crippen molar-refractivity contribution in [3.8, 4) is 16.9 Å². The topological polar surface area (TPSA) is 95.1 Å². The molecule has 4 aromatic rings. The van der Waals surface area contributed by atoms with Crippen LogP contribution in [0.4, 0.5) is 24.5 Å². The van der Waals surface area contributed by atoms with Crippen LogP contribution in [0.15, 0.2) is 47.5 Å². The molecule has 0 spiro atoms. The summed E-state index contributed by atoms with van der Waals surface area (Å²) in [6.07, 6.45) is 2.08. The van der Waals surface area contributed by atoms with Gasteiger partial charge in [-0.05, 0) is 36.2 Å². The van der Waals surface area contributed by atoms with E-state index in [4.69, 9.17) is 9.47 Å². The van der Waals surface area contributed by atoms with Crippen LogP contribution < -0.4 is 10.1 Å². The number of carbonyl (C=O) groups is 1. The Hall–Kier alpha value is -4.03. The second-order valence-corrected chi connectivity index (χ2v) is 9.84. The Bertz CT molecular complexity index is 1620. The quantitative estimate of drug-likeness (QED) is 0.0951. The molecule has 0 aliphatic carbocycles. The van der Waals surface area contributed by atoms with E-state index >= 15 is 0 Å². The number of nitrogens with one attached hydrogen (secondary N) is 1. The lowest BCUT2D eigenvalue weighted by molar-refractivity contribution is -0.386. The molecule has 0 fully saturated rings. The molecule has 1 N–H and O–H groups in total. The zero-order valence-corrected chi connectivity index (χ0v) is 21.7. The highest BCUT2D eigenvalue weighted by Crippen LogP contribution is 2.51. The summed E-state index contributed by atoms with van der Waals surface area (Å²) in [6, 6.07) is 7.97. The van der Waals surface area contributed by atoms with E-state index in [1.54, 1.807) is 34.9 Å². The van der Waals surface area contributed by atoms with E-state index in [1.807, 2.05) is 0 Å². The molecular formula is C27H22F3N3O5S. The number of hydrogen-bond donors (Lipinski definition) is 1. The number of methoxy groups -OCH3 is 2. The fraction of sp³-hybridized carbons (Fsp3) is 0.222. The number of benzene rings is 2. The molecule has 3 heterocycles. The van der Waals surface area contributed by atoms with Crippen molar-refractivity contribution >= 4 is 34.4 Å². The van der Waals surface area contributed by atoms with Gasteiger partial charge in [0.2, 0.25) is 5.78 Å². The molecule has 0 amide bonds. The van der Waals surface area contributed by atoms with Crippen LogP contribution in [0.3, 0.4) is 0 Å². The van der Waals surface area contributed by atoms with Gasteiger partial charge in [-0.2, -0.15) is 0 Å². The zero-order valence-electron chi connectivity index (χ0n) is 20.8. The Kier molecular flexibility index (Phi) is 7.23. The average Bonchev–Trinajstić information content (AvgIpc) is 3.28. The minimum absolute atomic E-state index is 0.0996. The molecule has 202 valence electrons. The largest absolute Gasteiger partial charge is 0.496 e. The maximum absolute atomic E-state index is 13.9. The number of rotatable bonds is 8. The van der Waals surface area contributed by atoms with Gasteiger partial charge in [-0.15, -0.1) is 11.8 Å². The van der Waals surface area contributed by atoms with Gasteiger partial charge < -0.3 is 19.2 Å². The van der Waals surface area contributed by atoms with Gasteiger partial charge in [0.15, 0.2) is 17.5 Å². The number of halogens is 3. The van der Waals surface area contributed by atoms with Crippen molar-refractivity contribution < 1.29 is 32.4 Å². The number of aromatic nitrogens is 1. The van der Waals surface area contributed by atoms with Crippen molar-refractivity contribution in [1.29, 1.82) is 0 Å². The van der Waals surface area contributed by atoms with Crippen molar-refractivity contribution in [3.05, 3.63) is 87.0 Å². The van der Waals surface area contributed by atoms with Crippen LogP contribution >= 0.6 is 11.8 Å². The third-order valence-electron chi connectivity index (χ3n) is 6.48. The Morgan fingerprint density at radius 2 is 1.92 bits per heavy atom. The number of nitro benzene ring substituents is 1. The van der Waals surface area contributed by atoms with Gasteiger partial charge >= 0.3 is 5.69 Å². The van der Waals surface area contributed by atoms with Crippen LogP contribution in [0, 0.1) is 27.6 Å². The van der Waals surface area contributed by atoms with E-state index in [-0.39, 0.29) is 16.9 Å². The summed E-state index contributed by atoms with van der Waals surface area (Å²) in [6.45, 7) is 0.688. The van der Waals surface area contributed by atoms with E-state index in [2.05, 4.69) is 5.32 Å². The van der Waals surface area contributed by atoms with E-state index in [1.165, 1.54) is 26.0 Å². The van der Waals surface area contributed by atoms with Crippen LogP contribution in [0.2, 0.25) is 0 Å². The first-order chi connectivity index (χ1) is 18.8. The molecule has 0 saturated heterocycles. The second kappa shape index (κ2) is 10.6.